The van der Waals surface area contributed by atoms with Gasteiger partial charge in [0, 0.05) is 12.1 Å². The largest absolute Gasteiger partial charge is 0.462 e. The third kappa shape index (κ3) is 2.27. The van der Waals surface area contributed by atoms with Crippen molar-refractivity contribution in [3.8, 4) is 11.3 Å². The average Bonchev–Trinajstić information content (AvgIpc) is 2.53. The molecule has 0 amide bonds. The van der Waals surface area contributed by atoms with Crippen LogP contribution >= 0.6 is 0 Å². The number of carbonyl (C=O) groups is 1. The zero-order valence-electron chi connectivity index (χ0n) is 10.6. The molecule has 0 spiro atoms. The molecule has 0 aromatic heterocycles. The normalized spacial score (nSPS) is 10.3. The predicted molar refractivity (Wildman–Crippen MR) is 71.0 cm³/mol. The Morgan fingerprint density at radius 3 is 2.78 bits per heavy atom. The van der Waals surface area contributed by atoms with Crippen LogP contribution in [0.2, 0.25) is 0 Å². The lowest BCUT2D eigenvalue weighted by Crippen LogP contribution is -2.08. The molecule has 1 aliphatic heterocycles. The Morgan fingerprint density at radius 2 is 2.06 bits per heavy atom. The quantitative estimate of drug-likeness (QED) is 0.840. The van der Waals surface area contributed by atoms with Crippen LogP contribution in [0.1, 0.15) is 24.2 Å². The highest BCUT2D eigenvalue weighted by atomic mass is 16.5. The van der Waals surface area contributed by atoms with Gasteiger partial charge in [-0.25, -0.2) is 9.78 Å². The van der Waals surface area contributed by atoms with Crippen LogP contribution < -0.4 is 5.32 Å². The summed E-state index contributed by atoms with van der Waals surface area (Å²) in [6.07, 6.45) is 0. The first-order valence-electron chi connectivity index (χ1n) is 6.07. The number of carbonyl (C=O) groups excluding carboxylic acids is 1. The van der Waals surface area contributed by atoms with E-state index in [2.05, 4.69) is 10.3 Å². The van der Waals surface area contributed by atoms with Gasteiger partial charge in [0.05, 0.1) is 12.3 Å². The molecule has 0 aromatic rings. The minimum Gasteiger partial charge on any atom is -0.462 e. The van der Waals surface area contributed by atoms with Crippen LogP contribution in [0.4, 0.5) is 5.82 Å². The second-order valence-electron chi connectivity index (χ2n) is 3.80. The molecule has 0 aromatic carbocycles. The van der Waals surface area contributed by atoms with Crippen molar-refractivity contribution < 1.29 is 9.53 Å². The summed E-state index contributed by atoms with van der Waals surface area (Å²) in [6, 6.07) is 9.47. The molecule has 0 saturated heterocycles. The second-order valence-corrected chi connectivity index (χ2v) is 3.80. The molecule has 18 heavy (non-hydrogen) atoms. The van der Waals surface area contributed by atoms with Crippen LogP contribution in [0, 0.1) is 0 Å². The molecule has 4 heteroatoms. The molecule has 0 atom stereocenters. The van der Waals surface area contributed by atoms with Crippen molar-refractivity contribution in [2.75, 3.05) is 18.5 Å². The molecule has 1 heterocycles. The minimum absolute atomic E-state index is 0.331. The number of hydrogen-bond donors (Lipinski definition) is 1. The van der Waals surface area contributed by atoms with E-state index >= 15 is 0 Å². The fourth-order valence-corrected chi connectivity index (χ4v) is 1.86. The highest BCUT2D eigenvalue weighted by Crippen LogP contribution is 2.31. The maximum atomic E-state index is 12.0. The molecule has 0 unspecified atom stereocenters. The van der Waals surface area contributed by atoms with Crippen molar-refractivity contribution in [3.05, 3.63) is 35.9 Å². The molecule has 0 bridgehead atoms. The number of esters is 1. The van der Waals surface area contributed by atoms with E-state index in [1.54, 1.807) is 6.92 Å². The molecule has 2 rings (SSSR count). The third-order valence-corrected chi connectivity index (χ3v) is 2.58. The summed E-state index contributed by atoms with van der Waals surface area (Å²) < 4.78 is 5.09. The van der Waals surface area contributed by atoms with E-state index in [9.17, 15) is 4.79 Å². The Hall–Kier alpha value is -2.10. The molecule has 94 valence electrons. The first kappa shape index (κ1) is 12.4. The third-order valence-electron chi connectivity index (χ3n) is 2.58. The number of aromatic nitrogens is 1. The molecule has 0 radical (unpaired) electrons. The maximum absolute atomic E-state index is 12.0. The van der Waals surface area contributed by atoms with Crippen LogP contribution in [-0.4, -0.2) is 24.1 Å². The number of nitrogens with zero attached hydrogens (tertiary/aromatic N) is 1. The number of anilines is 1. The molecule has 1 N–H and O–H groups in total. The first-order chi connectivity index (χ1) is 8.77. The van der Waals surface area contributed by atoms with E-state index in [1.165, 1.54) is 0 Å². The Balaban J connectivity index is 2.55. The average molecular weight is 244 g/mol. The highest BCUT2D eigenvalue weighted by Gasteiger charge is 2.23. The van der Waals surface area contributed by atoms with Crippen molar-refractivity contribution in [1.29, 1.82) is 0 Å². The van der Waals surface area contributed by atoms with Gasteiger partial charge in [0.15, 0.2) is 0 Å². The zero-order chi connectivity index (χ0) is 13.0. The number of rotatable bonds is 4. The van der Waals surface area contributed by atoms with Crippen molar-refractivity contribution in [1.82, 2.24) is 4.98 Å². The fourth-order valence-electron chi connectivity index (χ4n) is 1.86. The van der Waals surface area contributed by atoms with E-state index in [1.807, 2.05) is 37.3 Å². The van der Waals surface area contributed by atoms with E-state index in [-0.39, 0.29) is 5.97 Å². The first-order valence-corrected chi connectivity index (χ1v) is 6.07. The Morgan fingerprint density at radius 1 is 1.28 bits per heavy atom. The van der Waals surface area contributed by atoms with Gasteiger partial charge in [0.2, 0.25) is 0 Å². The number of hydrogen-bond acceptors (Lipinski definition) is 4. The summed E-state index contributed by atoms with van der Waals surface area (Å²) in [5.41, 5.74) is 2.12. The van der Waals surface area contributed by atoms with Gasteiger partial charge in [-0.2, -0.15) is 0 Å². The summed E-state index contributed by atoms with van der Waals surface area (Å²) in [4.78, 5) is 16.4. The smallest absolute Gasteiger partial charge is 0.342 e. The summed E-state index contributed by atoms with van der Waals surface area (Å²) in [5, 5.41) is 3.10. The van der Waals surface area contributed by atoms with Crippen molar-refractivity contribution in [3.63, 3.8) is 0 Å². The number of nitrogens with one attached hydrogen (secondary N) is 1. The second kappa shape index (κ2) is 5.49. The van der Waals surface area contributed by atoms with Gasteiger partial charge in [-0.3, -0.25) is 0 Å². The van der Waals surface area contributed by atoms with Gasteiger partial charge in [0.1, 0.15) is 11.4 Å². The van der Waals surface area contributed by atoms with Crippen LogP contribution in [0.15, 0.2) is 30.3 Å². The Kier molecular flexibility index (Phi) is 3.77. The van der Waals surface area contributed by atoms with E-state index < -0.39 is 0 Å². The van der Waals surface area contributed by atoms with Crippen LogP contribution in [0.5, 0.6) is 0 Å². The monoisotopic (exact) mass is 244 g/mol. The standard InChI is InChI=1S/C14H16N2O2/c1-3-15-13-12(14(17)18-4-2)10-8-6-5-7-9-11(10)16-13/h5-9H,3-4H2,1-2H3,(H,15,16). The maximum Gasteiger partial charge on any atom is 0.342 e. The molecular formula is C14H16N2O2. The van der Waals surface area contributed by atoms with Crippen molar-refractivity contribution in [2.45, 2.75) is 13.8 Å². The van der Waals surface area contributed by atoms with Crippen LogP contribution in [0.3, 0.4) is 0 Å². The van der Waals surface area contributed by atoms with Crippen LogP contribution in [-0.2, 0) is 4.74 Å². The van der Waals surface area contributed by atoms with Gasteiger partial charge in [0.25, 0.3) is 0 Å². The summed E-state index contributed by atoms with van der Waals surface area (Å²) >= 11 is 0. The van der Waals surface area contributed by atoms with Gasteiger partial charge >= 0.3 is 5.97 Å². The van der Waals surface area contributed by atoms with Gasteiger partial charge in [-0.1, -0.05) is 24.3 Å². The van der Waals surface area contributed by atoms with Crippen LogP contribution in [0.25, 0.3) is 11.3 Å². The molecule has 4 nitrogen and oxygen atoms in total. The molecule has 2 aliphatic rings. The van der Waals surface area contributed by atoms with E-state index in [4.69, 9.17) is 4.74 Å². The molecule has 1 aliphatic carbocycles. The molecule has 0 saturated carbocycles. The molecule has 0 fully saturated rings. The predicted octanol–water partition coefficient (Wildman–Crippen LogP) is 2.79. The number of ether oxygens (including phenoxy) is 1. The van der Waals surface area contributed by atoms with Gasteiger partial charge in [-0.15, -0.1) is 0 Å². The number of fused-ring (bicyclic) bond motifs is 1. The lowest BCUT2D eigenvalue weighted by molar-refractivity contribution is 0.0528. The van der Waals surface area contributed by atoms with Gasteiger partial charge in [-0.05, 0) is 19.9 Å². The fraction of sp³-hybridized carbons (Fsp3) is 0.286. The molecular weight excluding hydrogens is 228 g/mol. The van der Waals surface area contributed by atoms with E-state index in [0.29, 0.717) is 24.5 Å². The minimum atomic E-state index is -0.331. The van der Waals surface area contributed by atoms with Gasteiger partial charge < -0.3 is 10.1 Å². The Labute approximate surface area is 106 Å². The highest BCUT2D eigenvalue weighted by molar-refractivity contribution is 6.03. The SMILES string of the molecule is CCNc1nc2cccccc-2c1C(=O)OCC. The topological polar surface area (TPSA) is 51.2 Å². The summed E-state index contributed by atoms with van der Waals surface area (Å²) in [6.45, 7) is 4.83. The van der Waals surface area contributed by atoms with Crippen molar-refractivity contribution >= 4 is 11.8 Å². The Bertz CT molecular complexity index is 525. The lowest BCUT2D eigenvalue weighted by Gasteiger charge is -2.04. The lowest BCUT2D eigenvalue weighted by atomic mass is 10.1. The summed E-state index contributed by atoms with van der Waals surface area (Å²) in [7, 11) is 0. The zero-order valence-corrected chi connectivity index (χ0v) is 10.6. The van der Waals surface area contributed by atoms with Crippen molar-refractivity contribution in [2.24, 2.45) is 0 Å². The van der Waals surface area contributed by atoms with E-state index in [0.717, 1.165) is 11.3 Å². The summed E-state index contributed by atoms with van der Waals surface area (Å²) in [5.74, 6) is 0.263.